The van der Waals surface area contributed by atoms with Gasteiger partial charge in [0.1, 0.15) is 11.6 Å². The summed E-state index contributed by atoms with van der Waals surface area (Å²) in [5.41, 5.74) is 1.66. The molecule has 0 aliphatic rings. The summed E-state index contributed by atoms with van der Waals surface area (Å²) >= 11 is 0. The molecule has 29 heavy (non-hydrogen) atoms. The lowest BCUT2D eigenvalue weighted by Crippen LogP contribution is -2.13. The van der Waals surface area contributed by atoms with Gasteiger partial charge in [0.25, 0.3) is 5.91 Å². The minimum atomic E-state index is -0.281. The fraction of sp³-hybridized carbons (Fsp3) is 0.182. The number of hydrogen-bond acceptors (Lipinski definition) is 5. The van der Waals surface area contributed by atoms with Crippen molar-refractivity contribution in [3.05, 3.63) is 77.7 Å². The minimum absolute atomic E-state index is 0.231. The second-order valence-electron chi connectivity index (χ2n) is 6.22. The highest BCUT2D eigenvalue weighted by Crippen LogP contribution is 2.29. The van der Waals surface area contributed by atoms with Crippen LogP contribution in [0.5, 0.6) is 11.5 Å². The molecule has 7 heteroatoms. The Labute approximate surface area is 168 Å². The molecule has 150 valence electrons. The fourth-order valence-electron chi connectivity index (χ4n) is 2.81. The molecule has 0 radical (unpaired) electrons. The number of benzene rings is 2. The molecule has 0 saturated heterocycles. The quantitative estimate of drug-likeness (QED) is 0.600. The summed E-state index contributed by atoms with van der Waals surface area (Å²) in [7, 11) is 3.08. The number of carbonyl (C=O) groups excluding carboxylic acids is 1. The number of hydrogen-bond donors (Lipinski definition) is 2. The normalized spacial score (nSPS) is 10.3. The largest absolute Gasteiger partial charge is 0.493 e. The van der Waals surface area contributed by atoms with E-state index >= 15 is 0 Å². The maximum atomic E-state index is 13.7. The van der Waals surface area contributed by atoms with Gasteiger partial charge in [0, 0.05) is 30.1 Å². The zero-order valence-corrected chi connectivity index (χ0v) is 16.2. The van der Waals surface area contributed by atoms with Crippen LogP contribution in [0.2, 0.25) is 0 Å². The van der Waals surface area contributed by atoms with Crippen LogP contribution >= 0.6 is 0 Å². The van der Waals surface area contributed by atoms with Crippen LogP contribution in [0.1, 0.15) is 15.9 Å². The van der Waals surface area contributed by atoms with Gasteiger partial charge >= 0.3 is 0 Å². The first-order valence-electron chi connectivity index (χ1n) is 9.07. The number of rotatable bonds is 8. The second kappa shape index (κ2) is 9.54. The van der Waals surface area contributed by atoms with Crippen molar-refractivity contribution in [1.82, 2.24) is 4.98 Å². The Balaban J connectivity index is 1.62. The third kappa shape index (κ3) is 5.22. The first kappa shape index (κ1) is 20.1. The van der Waals surface area contributed by atoms with Crippen molar-refractivity contribution in [1.29, 1.82) is 0 Å². The Hall–Kier alpha value is -3.61. The summed E-state index contributed by atoms with van der Waals surface area (Å²) in [5.74, 6) is 1.13. The monoisotopic (exact) mass is 395 g/mol. The van der Waals surface area contributed by atoms with Gasteiger partial charge in [0.15, 0.2) is 11.5 Å². The number of amides is 1. The molecule has 2 aromatic carbocycles. The standard InChI is InChI=1S/C22H22FN3O3/c1-28-19-8-7-17(14-20(19)29-2)26-22(27)16-10-12-25-21(13-16)24-11-9-15-5-3-4-6-18(15)23/h3-8,10,12-14H,9,11H2,1-2H3,(H,24,25)(H,26,27). The summed E-state index contributed by atoms with van der Waals surface area (Å²) < 4.78 is 24.1. The number of ether oxygens (including phenoxy) is 2. The Bertz CT molecular complexity index is 995. The van der Waals surface area contributed by atoms with Gasteiger partial charge in [-0.2, -0.15) is 0 Å². The van der Waals surface area contributed by atoms with Crippen LogP contribution in [0.3, 0.4) is 0 Å². The van der Waals surface area contributed by atoms with E-state index in [1.807, 2.05) is 0 Å². The van der Waals surface area contributed by atoms with Gasteiger partial charge in [0.05, 0.1) is 14.2 Å². The van der Waals surface area contributed by atoms with Crippen LogP contribution in [-0.4, -0.2) is 31.7 Å². The molecule has 3 aromatic rings. The van der Waals surface area contributed by atoms with E-state index in [-0.39, 0.29) is 11.7 Å². The Morgan fingerprint density at radius 1 is 1.03 bits per heavy atom. The topological polar surface area (TPSA) is 72.5 Å². The second-order valence-corrected chi connectivity index (χ2v) is 6.22. The number of methoxy groups -OCH3 is 2. The van der Waals surface area contributed by atoms with Gasteiger partial charge in [-0.05, 0) is 42.3 Å². The van der Waals surface area contributed by atoms with Gasteiger partial charge in [-0.1, -0.05) is 18.2 Å². The average Bonchev–Trinajstić information content (AvgIpc) is 2.75. The number of halogens is 1. The maximum absolute atomic E-state index is 13.7. The molecule has 0 spiro atoms. The Morgan fingerprint density at radius 3 is 2.59 bits per heavy atom. The fourth-order valence-corrected chi connectivity index (χ4v) is 2.81. The molecule has 0 saturated carbocycles. The van der Waals surface area contributed by atoms with E-state index in [4.69, 9.17) is 9.47 Å². The number of nitrogens with zero attached hydrogens (tertiary/aromatic N) is 1. The van der Waals surface area contributed by atoms with Crippen LogP contribution < -0.4 is 20.1 Å². The van der Waals surface area contributed by atoms with Crippen LogP contribution in [0, 0.1) is 5.82 Å². The maximum Gasteiger partial charge on any atom is 0.255 e. The van der Waals surface area contributed by atoms with Crippen LogP contribution in [0.15, 0.2) is 60.8 Å². The SMILES string of the molecule is COc1ccc(NC(=O)c2ccnc(NCCc3ccccc3F)c2)cc1OC. The van der Waals surface area contributed by atoms with Gasteiger partial charge in [-0.15, -0.1) is 0 Å². The Morgan fingerprint density at radius 2 is 1.83 bits per heavy atom. The molecule has 3 rings (SSSR count). The molecule has 0 fully saturated rings. The molecule has 6 nitrogen and oxygen atoms in total. The molecule has 0 aliphatic carbocycles. The average molecular weight is 395 g/mol. The highest BCUT2D eigenvalue weighted by molar-refractivity contribution is 6.04. The Kier molecular flexibility index (Phi) is 6.63. The van der Waals surface area contributed by atoms with Crippen LogP contribution in [-0.2, 0) is 6.42 Å². The van der Waals surface area contributed by atoms with E-state index in [1.165, 1.54) is 13.2 Å². The number of pyridine rings is 1. The highest BCUT2D eigenvalue weighted by atomic mass is 19.1. The minimum Gasteiger partial charge on any atom is -0.493 e. The summed E-state index contributed by atoms with van der Waals surface area (Å²) in [6.45, 7) is 0.495. The number of aromatic nitrogens is 1. The molecular weight excluding hydrogens is 373 g/mol. The van der Waals surface area contributed by atoms with E-state index in [1.54, 1.807) is 61.8 Å². The lowest BCUT2D eigenvalue weighted by molar-refractivity contribution is 0.102. The van der Waals surface area contributed by atoms with E-state index in [9.17, 15) is 9.18 Å². The zero-order valence-electron chi connectivity index (χ0n) is 16.2. The zero-order chi connectivity index (χ0) is 20.6. The van der Waals surface area contributed by atoms with Crippen LogP contribution in [0.25, 0.3) is 0 Å². The molecule has 0 aliphatic heterocycles. The molecular formula is C22H22FN3O3. The predicted molar refractivity (Wildman–Crippen MR) is 110 cm³/mol. The first-order valence-corrected chi connectivity index (χ1v) is 9.07. The van der Waals surface area contributed by atoms with Gasteiger partial charge in [0.2, 0.25) is 0 Å². The number of anilines is 2. The van der Waals surface area contributed by atoms with Gasteiger partial charge in [-0.3, -0.25) is 4.79 Å². The highest BCUT2D eigenvalue weighted by Gasteiger charge is 2.10. The van der Waals surface area contributed by atoms with Crippen molar-refractivity contribution >= 4 is 17.4 Å². The third-order valence-electron chi connectivity index (χ3n) is 4.32. The van der Waals surface area contributed by atoms with Gasteiger partial charge in [-0.25, -0.2) is 9.37 Å². The van der Waals surface area contributed by atoms with Crippen LogP contribution in [0.4, 0.5) is 15.9 Å². The lowest BCUT2D eigenvalue weighted by atomic mass is 10.1. The van der Waals surface area contributed by atoms with Crippen molar-refractivity contribution < 1.29 is 18.7 Å². The smallest absolute Gasteiger partial charge is 0.255 e. The number of nitrogens with one attached hydrogen (secondary N) is 2. The van der Waals surface area contributed by atoms with Gasteiger partial charge < -0.3 is 20.1 Å². The molecule has 0 bridgehead atoms. The van der Waals surface area contributed by atoms with E-state index in [0.29, 0.717) is 47.1 Å². The lowest BCUT2D eigenvalue weighted by Gasteiger charge is -2.11. The predicted octanol–water partition coefficient (Wildman–Crippen LogP) is 4.14. The van der Waals surface area contributed by atoms with E-state index in [0.717, 1.165) is 0 Å². The molecule has 1 heterocycles. The third-order valence-corrected chi connectivity index (χ3v) is 4.32. The molecule has 0 atom stereocenters. The molecule has 1 aromatic heterocycles. The summed E-state index contributed by atoms with van der Waals surface area (Å²) in [5, 5.41) is 5.94. The summed E-state index contributed by atoms with van der Waals surface area (Å²) in [6.07, 6.45) is 2.06. The van der Waals surface area contributed by atoms with Crippen molar-refractivity contribution in [3.8, 4) is 11.5 Å². The van der Waals surface area contributed by atoms with E-state index < -0.39 is 0 Å². The van der Waals surface area contributed by atoms with Crippen molar-refractivity contribution in [2.45, 2.75) is 6.42 Å². The first-order chi connectivity index (χ1) is 14.1. The molecule has 1 amide bonds. The summed E-state index contributed by atoms with van der Waals surface area (Å²) in [4.78, 5) is 16.8. The van der Waals surface area contributed by atoms with Crippen molar-refractivity contribution in [3.63, 3.8) is 0 Å². The molecule has 2 N–H and O–H groups in total. The van der Waals surface area contributed by atoms with Crippen molar-refractivity contribution in [2.75, 3.05) is 31.4 Å². The van der Waals surface area contributed by atoms with Crippen molar-refractivity contribution in [2.24, 2.45) is 0 Å². The molecule has 0 unspecified atom stereocenters. The van der Waals surface area contributed by atoms with E-state index in [2.05, 4.69) is 15.6 Å². The summed E-state index contributed by atoms with van der Waals surface area (Å²) in [6, 6.07) is 15.1. The number of carbonyl (C=O) groups is 1.